The maximum atomic E-state index is 12.6. The highest BCUT2D eigenvalue weighted by atomic mass is 32.1. The molecule has 1 heterocycles. The van der Waals surface area contributed by atoms with Crippen molar-refractivity contribution in [3.8, 4) is 17.2 Å². The molecule has 3 rings (SSSR count). The normalized spacial score (nSPS) is 10.6. The Balaban J connectivity index is 1.61. The lowest BCUT2D eigenvalue weighted by atomic mass is 10.1. The number of ether oxygens (including phenoxy) is 3. The van der Waals surface area contributed by atoms with Gasteiger partial charge in [-0.15, -0.1) is 10.2 Å². The molecule has 1 aromatic heterocycles. The maximum Gasteiger partial charge on any atom is 0.262 e. The smallest absolute Gasteiger partial charge is 0.262 e. The minimum Gasteiger partial charge on any atom is -0.495 e. The number of hydrogen-bond acceptors (Lipinski definition) is 8. The fourth-order valence-electron chi connectivity index (χ4n) is 2.91. The third-order valence-electron chi connectivity index (χ3n) is 4.44. The molecule has 9 nitrogen and oxygen atoms in total. The third kappa shape index (κ3) is 6.66. The van der Waals surface area contributed by atoms with Gasteiger partial charge in [0, 0.05) is 12.0 Å². The van der Waals surface area contributed by atoms with Gasteiger partial charge in [-0.05, 0) is 36.2 Å². The second-order valence-electron chi connectivity index (χ2n) is 7.46. The Labute approximate surface area is 196 Å². The van der Waals surface area contributed by atoms with E-state index < -0.39 is 0 Å². The molecule has 0 saturated heterocycles. The van der Waals surface area contributed by atoms with Gasteiger partial charge in [0.1, 0.15) is 10.8 Å². The zero-order valence-corrected chi connectivity index (χ0v) is 19.7. The lowest BCUT2D eigenvalue weighted by Crippen LogP contribution is -2.20. The standard InChI is InChI=1S/C23H26N4O5S/c1-14(2)11-21-26-27-23(33-21)25-22(29)15-9-10-18(19(12-15)31-4)32-13-20(28)24-16-7-5-6-8-17(16)30-3/h5-10,12,14H,11,13H2,1-4H3,(H,24,28)(H,25,27,29). The molecule has 0 aliphatic carbocycles. The molecule has 0 unspecified atom stereocenters. The van der Waals surface area contributed by atoms with E-state index in [4.69, 9.17) is 14.2 Å². The SMILES string of the molecule is COc1ccccc1NC(=O)COc1ccc(C(=O)Nc2nnc(CC(C)C)s2)cc1OC. The van der Waals surface area contributed by atoms with Crippen LogP contribution in [0.4, 0.5) is 10.8 Å². The number of benzene rings is 2. The molecule has 0 atom stereocenters. The number of methoxy groups -OCH3 is 2. The number of hydrogen-bond donors (Lipinski definition) is 2. The minimum atomic E-state index is -0.364. The van der Waals surface area contributed by atoms with E-state index in [1.54, 1.807) is 36.4 Å². The first kappa shape index (κ1) is 24.0. The van der Waals surface area contributed by atoms with Crippen molar-refractivity contribution in [2.75, 3.05) is 31.5 Å². The van der Waals surface area contributed by atoms with Crippen molar-refractivity contribution in [2.45, 2.75) is 20.3 Å². The molecule has 174 valence electrons. The van der Waals surface area contributed by atoms with Crippen LogP contribution >= 0.6 is 11.3 Å². The van der Waals surface area contributed by atoms with Crippen LogP contribution in [0.1, 0.15) is 29.2 Å². The van der Waals surface area contributed by atoms with Crippen molar-refractivity contribution >= 4 is 34.0 Å². The fourth-order valence-corrected chi connectivity index (χ4v) is 3.86. The predicted molar refractivity (Wildman–Crippen MR) is 127 cm³/mol. The second-order valence-corrected chi connectivity index (χ2v) is 8.52. The maximum absolute atomic E-state index is 12.6. The largest absolute Gasteiger partial charge is 0.495 e. The minimum absolute atomic E-state index is 0.247. The number of anilines is 2. The predicted octanol–water partition coefficient (Wildman–Crippen LogP) is 4.02. The van der Waals surface area contributed by atoms with Crippen LogP contribution in [0.15, 0.2) is 42.5 Å². The van der Waals surface area contributed by atoms with Crippen molar-refractivity contribution in [1.29, 1.82) is 0 Å². The Morgan fingerprint density at radius 3 is 2.45 bits per heavy atom. The zero-order chi connectivity index (χ0) is 23.8. The van der Waals surface area contributed by atoms with E-state index >= 15 is 0 Å². The number of amides is 2. The van der Waals surface area contributed by atoms with E-state index in [9.17, 15) is 9.59 Å². The molecule has 3 aromatic rings. The van der Waals surface area contributed by atoms with Crippen LogP contribution < -0.4 is 24.8 Å². The van der Waals surface area contributed by atoms with Gasteiger partial charge in [-0.2, -0.15) is 0 Å². The lowest BCUT2D eigenvalue weighted by Gasteiger charge is -2.13. The number of rotatable bonds is 10. The van der Waals surface area contributed by atoms with Gasteiger partial charge in [-0.3, -0.25) is 14.9 Å². The molecule has 0 bridgehead atoms. The molecule has 33 heavy (non-hydrogen) atoms. The van der Waals surface area contributed by atoms with Crippen molar-refractivity contribution in [3.63, 3.8) is 0 Å². The molecule has 0 spiro atoms. The first-order chi connectivity index (χ1) is 15.9. The van der Waals surface area contributed by atoms with Gasteiger partial charge < -0.3 is 19.5 Å². The molecule has 0 radical (unpaired) electrons. The molecule has 2 aromatic carbocycles. The summed E-state index contributed by atoms with van der Waals surface area (Å²) in [5.41, 5.74) is 0.902. The third-order valence-corrected chi connectivity index (χ3v) is 5.30. The van der Waals surface area contributed by atoms with E-state index in [0.717, 1.165) is 11.4 Å². The fraction of sp³-hybridized carbons (Fsp3) is 0.304. The molecule has 0 aliphatic rings. The van der Waals surface area contributed by atoms with Crippen molar-refractivity contribution in [3.05, 3.63) is 53.0 Å². The molecule has 0 fully saturated rings. The van der Waals surface area contributed by atoms with Crippen LogP contribution in [-0.2, 0) is 11.2 Å². The van der Waals surface area contributed by atoms with Crippen molar-refractivity contribution in [2.24, 2.45) is 5.92 Å². The zero-order valence-electron chi connectivity index (χ0n) is 18.9. The summed E-state index contributed by atoms with van der Waals surface area (Å²) in [5, 5.41) is 14.9. The summed E-state index contributed by atoms with van der Waals surface area (Å²) >= 11 is 1.35. The van der Waals surface area contributed by atoms with Crippen molar-refractivity contribution in [1.82, 2.24) is 10.2 Å². The molecular weight excluding hydrogens is 444 g/mol. The summed E-state index contributed by atoms with van der Waals surface area (Å²) in [4.78, 5) is 24.9. The van der Waals surface area contributed by atoms with Gasteiger partial charge in [0.05, 0.1) is 19.9 Å². The summed E-state index contributed by atoms with van der Waals surface area (Å²) < 4.78 is 16.2. The van der Waals surface area contributed by atoms with Crippen LogP contribution in [0.2, 0.25) is 0 Å². The first-order valence-corrected chi connectivity index (χ1v) is 11.1. The van der Waals surface area contributed by atoms with Gasteiger partial charge in [0.2, 0.25) is 5.13 Å². The van der Waals surface area contributed by atoms with E-state index in [0.29, 0.717) is 39.5 Å². The Morgan fingerprint density at radius 1 is 0.970 bits per heavy atom. The van der Waals surface area contributed by atoms with E-state index in [2.05, 4.69) is 34.7 Å². The Morgan fingerprint density at radius 2 is 1.73 bits per heavy atom. The summed E-state index contributed by atoms with van der Waals surface area (Å²) in [7, 11) is 2.99. The second kappa shape index (κ2) is 11.3. The Bertz CT molecular complexity index is 1120. The number of nitrogens with one attached hydrogen (secondary N) is 2. The van der Waals surface area contributed by atoms with Crippen LogP contribution in [0, 0.1) is 5.92 Å². The van der Waals surface area contributed by atoms with Crippen LogP contribution in [0.25, 0.3) is 0 Å². The molecule has 10 heteroatoms. The van der Waals surface area contributed by atoms with Gasteiger partial charge in [-0.25, -0.2) is 0 Å². The highest BCUT2D eigenvalue weighted by Crippen LogP contribution is 2.29. The van der Waals surface area contributed by atoms with Gasteiger partial charge in [0.15, 0.2) is 18.1 Å². The Hall–Kier alpha value is -3.66. The van der Waals surface area contributed by atoms with Crippen molar-refractivity contribution < 1.29 is 23.8 Å². The molecule has 0 saturated carbocycles. The number of carbonyl (C=O) groups is 2. The first-order valence-electron chi connectivity index (χ1n) is 10.3. The van der Waals surface area contributed by atoms with Crippen LogP contribution in [0.5, 0.6) is 17.2 Å². The van der Waals surface area contributed by atoms with Gasteiger partial charge in [-0.1, -0.05) is 37.3 Å². The lowest BCUT2D eigenvalue weighted by molar-refractivity contribution is -0.118. The van der Waals surface area contributed by atoms with Gasteiger partial charge >= 0.3 is 0 Å². The topological polar surface area (TPSA) is 112 Å². The molecular formula is C23H26N4O5S. The van der Waals surface area contributed by atoms with E-state index in [-0.39, 0.29) is 18.4 Å². The number of aromatic nitrogens is 2. The average molecular weight is 471 g/mol. The van der Waals surface area contributed by atoms with Crippen LogP contribution in [-0.4, -0.2) is 42.8 Å². The number of carbonyl (C=O) groups excluding carboxylic acids is 2. The highest BCUT2D eigenvalue weighted by Gasteiger charge is 2.15. The summed E-state index contributed by atoms with van der Waals surface area (Å²) in [6.45, 7) is 3.94. The summed E-state index contributed by atoms with van der Waals surface area (Å²) in [6.07, 6.45) is 0.804. The monoisotopic (exact) mass is 470 g/mol. The number of para-hydroxylation sites is 2. The van der Waals surface area contributed by atoms with Gasteiger partial charge in [0.25, 0.3) is 11.8 Å². The van der Waals surface area contributed by atoms with E-state index in [1.807, 2.05) is 6.07 Å². The quantitative estimate of drug-likeness (QED) is 0.460. The molecule has 2 N–H and O–H groups in total. The summed E-state index contributed by atoms with van der Waals surface area (Å²) in [5.74, 6) is 0.948. The highest BCUT2D eigenvalue weighted by molar-refractivity contribution is 7.15. The average Bonchev–Trinajstić information content (AvgIpc) is 3.23. The van der Waals surface area contributed by atoms with E-state index in [1.165, 1.54) is 25.6 Å². The summed E-state index contributed by atoms with van der Waals surface area (Å²) in [6, 6.07) is 11.8. The molecule has 2 amide bonds. The molecule has 0 aliphatic heterocycles. The number of nitrogens with zero attached hydrogens (tertiary/aromatic N) is 2. The Kier molecular flexibility index (Phi) is 8.20. The van der Waals surface area contributed by atoms with Crippen LogP contribution in [0.3, 0.4) is 0 Å².